The molecular weight excluding hydrogens is 321 g/mol. The molecule has 0 bridgehead atoms. The highest BCUT2D eigenvalue weighted by Gasteiger charge is 2.12. The molecule has 0 radical (unpaired) electrons. The Labute approximate surface area is 143 Å². The van der Waals surface area contributed by atoms with Crippen LogP contribution in [0.1, 0.15) is 16.1 Å². The van der Waals surface area contributed by atoms with E-state index in [-0.39, 0.29) is 11.4 Å². The number of benzene rings is 2. The number of carbonyl (C=O) groups is 1. The Bertz CT molecular complexity index is 967. The number of para-hydroxylation sites is 2. The normalized spacial score (nSPS) is 9.92. The zero-order valence-corrected chi connectivity index (χ0v) is 12.9. The molecule has 0 unspecified atom stereocenters. The SMILES string of the molecule is N#Cc1ccccc1Nc1cc(C(=O)Nc2ccccc2F)ncn1. The van der Waals surface area contributed by atoms with Crippen molar-refractivity contribution in [3.63, 3.8) is 0 Å². The third-order valence-electron chi connectivity index (χ3n) is 3.33. The Kier molecular flexibility index (Phi) is 4.62. The first kappa shape index (κ1) is 16.1. The fraction of sp³-hybridized carbons (Fsp3) is 0. The van der Waals surface area contributed by atoms with Gasteiger partial charge in [0, 0.05) is 6.07 Å². The summed E-state index contributed by atoms with van der Waals surface area (Å²) < 4.78 is 13.6. The number of nitriles is 1. The first-order valence-corrected chi connectivity index (χ1v) is 7.31. The number of nitrogens with one attached hydrogen (secondary N) is 2. The van der Waals surface area contributed by atoms with Crippen LogP contribution in [0.2, 0.25) is 0 Å². The maximum atomic E-state index is 13.6. The maximum Gasteiger partial charge on any atom is 0.274 e. The highest BCUT2D eigenvalue weighted by molar-refractivity contribution is 6.03. The molecule has 0 aliphatic heterocycles. The average Bonchev–Trinajstić information content (AvgIpc) is 2.64. The van der Waals surface area contributed by atoms with Crippen LogP contribution in [0.3, 0.4) is 0 Å². The molecule has 3 rings (SSSR count). The van der Waals surface area contributed by atoms with Gasteiger partial charge in [0.25, 0.3) is 5.91 Å². The van der Waals surface area contributed by atoms with Gasteiger partial charge in [0.15, 0.2) is 0 Å². The second-order valence-corrected chi connectivity index (χ2v) is 5.00. The third kappa shape index (κ3) is 3.76. The number of amides is 1. The van der Waals surface area contributed by atoms with Crippen molar-refractivity contribution in [2.45, 2.75) is 0 Å². The van der Waals surface area contributed by atoms with Crippen LogP contribution in [0.5, 0.6) is 0 Å². The van der Waals surface area contributed by atoms with Crippen molar-refractivity contribution in [2.75, 3.05) is 10.6 Å². The smallest absolute Gasteiger partial charge is 0.274 e. The van der Waals surface area contributed by atoms with E-state index in [1.54, 1.807) is 30.3 Å². The van der Waals surface area contributed by atoms with Crippen LogP contribution in [0.15, 0.2) is 60.9 Å². The molecule has 122 valence electrons. The van der Waals surface area contributed by atoms with Crippen LogP contribution in [0.4, 0.5) is 21.6 Å². The van der Waals surface area contributed by atoms with E-state index >= 15 is 0 Å². The highest BCUT2D eigenvalue weighted by atomic mass is 19.1. The van der Waals surface area contributed by atoms with Crippen LogP contribution in [0.25, 0.3) is 0 Å². The van der Waals surface area contributed by atoms with Crippen molar-refractivity contribution >= 4 is 23.1 Å². The summed E-state index contributed by atoms with van der Waals surface area (Å²) in [4.78, 5) is 20.2. The number of aromatic nitrogens is 2. The first-order chi connectivity index (χ1) is 12.2. The molecule has 2 aromatic carbocycles. The fourth-order valence-corrected chi connectivity index (χ4v) is 2.13. The number of anilines is 3. The van der Waals surface area contributed by atoms with Crippen LogP contribution in [-0.2, 0) is 0 Å². The van der Waals surface area contributed by atoms with Gasteiger partial charge in [0.2, 0.25) is 0 Å². The van der Waals surface area contributed by atoms with Gasteiger partial charge >= 0.3 is 0 Å². The lowest BCUT2D eigenvalue weighted by molar-refractivity contribution is 0.102. The lowest BCUT2D eigenvalue weighted by Gasteiger charge is -2.09. The number of nitrogens with zero attached hydrogens (tertiary/aromatic N) is 3. The minimum Gasteiger partial charge on any atom is -0.339 e. The molecule has 1 aromatic heterocycles. The molecule has 2 N–H and O–H groups in total. The van der Waals surface area contributed by atoms with E-state index in [1.165, 1.54) is 30.6 Å². The van der Waals surface area contributed by atoms with Gasteiger partial charge in [-0.15, -0.1) is 0 Å². The van der Waals surface area contributed by atoms with Crippen LogP contribution in [0, 0.1) is 17.1 Å². The number of carbonyl (C=O) groups excluding carboxylic acids is 1. The van der Waals surface area contributed by atoms with Crippen molar-refractivity contribution in [2.24, 2.45) is 0 Å². The standard InChI is InChI=1S/C18H12FN5O/c19-13-6-2-4-8-15(13)24-18(25)16-9-17(22-11-21-16)23-14-7-3-1-5-12(14)10-20/h1-9,11H,(H,24,25)(H,21,22,23). The lowest BCUT2D eigenvalue weighted by atomic mass is 10.2. The largest absolute Gasteiger partial charge is 0.339 e. The lowest BCUT2D eigenvalue weighted by Crippen LogP contribution is -2.15. The van der Waals surface area contributed by atoms with Gasteiger partial charge in [-0.1, -0.05) is 24.3 Å². The van der Waals surface area contributed by atoms with Gasteiger partial charge in [-0.05, 0) is 24.3 Å². The first-order valence-electron chi connectivity index (χ1n) is 7.31. The predicted octanol–water partition coefficient (Wildman–Crippen LogP) is 3.48. The fourth-order valence-electron chi connectivity index (χ4n) is 2.13. The van der Waals surface area contributed by atoms with Crippen molar-refractivity contribution < 1.29 is 9.18 Å². The number of halogens is 1. The Hall–Kier alpha value is -3.79. The molecule has 0 atom stereocenters. The zero-order chi connectivity index (χ0) is 17.6. The van der Waals surface area contributed by atoms with Gasteiger partial charge in [-0.3, -0.25) is 4.79 Å². The molecule has 0 aliphatic rings. The van der Waals surface area contributed by atoms with E-state index in [4.69, 9.17) is 5.26 Å². The average molecular weight is 333 g/mol. The molecule has 0 spiro atoms. The van der Waals surface area contributed by atoms with Gasteiger partial charge in [-0.2, -0.15) is 5.26 Å². The van der Waals surface area contributed by atoms with Gasteiger partial charge in [0.05, 0.1) is 16.9 Å². The molecular formula is C18H12FN5O. The maximum absolute atomic E-state index is 13.6. The van der Waals surface area contributed by atoms with E-state index in [1.807, 2.05) is 0 Å². The molecule has 25 heavy (non-hydrogen) atoms. The summed E-state index contributed by atoms with van der Waals surface area (Å²) in [5, 5.41) is 14.5. The van der Waals surface area contributed by atoms with Gasteiger partial charge in [-0.25, -0.2) is 14.4 Å². The van der Waals surface area contributed by atoms with Crippen molar-refractivity contribution in [3.05, 3.63) is 78.0 Å². The van der Waals surface area contributed by atoms with E-state index < -0.39 is 11.7 Å². The molecule has 7 heteroatoms. The molecule has 1 heterocycles. The molecule has 6 nitrogen and oxygen atoms in total. The number of hydrogen-bond acceptors (Lipinski definition) is 5. The molecule has 0 aliphatic carbocycles. The molecule has 1 amide bonds. The summed E-state index contributed by atoms with van der Waals surface area (Å²) in [6.45, 7) is 0. The van der Waals surface area contributed by atoms with Crippen LogP contribution < -0.4 is 10.6 Å². The molecule has 0 saturated carbocycles. The summed E-state index contributed by atoms with van der Waals surface area (Å²) in [6, 6.07) is 16.2. The Balaban J connectivity index is 1.81. The summed E-state index contributed by atoms with van der Waals surface area (Å²) in [7, 11) is 0. The Morgan fingerprint density at radius 2 is 1.76 bits per heavy atom. The van der Waals surface area contributed by atoms with E-state index in [9.17, 15) is 9.18 Å². The molecule has 3 aromatic rings. The molecule has 0 saturated heterocycles. The summed E-state index contributed by atoms with van der Waals surface area (Å²) >= 11 is 0. The monoisotopic (exact) mass is 333 g/mol. The Morgan fingerprint density at radius 1 is 1.04 bits per heavy atom. The quantitative estimate of drug-likeness (QED) is 0.763. The van der Waals surface area contributed by atoms with Gasteiger partial charge in [0.1, 0.15) is 29.7 Å². The Morgan fingerprint density at radius 3 is 2.52 bits per heavy atom. The topological polar surface area (TPSA) is 90.7 Å². The minimum absolute atomic E-state index is 0.0650. The number of rotatable bonds is 4. The zero-order valence-electron chi connectivity index (χ0n) is 12.9. The van der Waals surface area contributed by atoms with E-state index in [2.05, 4.69) is 26.7 Å². The van der Waals surface area contributed by atoms with Crippen molar-refractivity contribution in [1.29, 1.82) is 5.26 Å². The second kappa shape index (κ2) is 7.19. The third-order valence-corrected chi connectivity index (χ3v) is 3.33. The van der Waals surface area contributed by atoms with Gasteiger partial charge < -0.3 is 10.6 Å². The highest BCUT2D eigenvalue weighted by Crippen LogP contribution is 2.19. The van der Waals surface area contributed by atoms with Crippen LogP contribution >= 0.6 is 0 Å². The van der Waals surface area contributed by atoms with Crippen LogP contribution in [-0.4, -0.2) is 15.9 Å². The minimum atomic E-state index is -0.566. The van der Waals surface area contributed by atoms with E-state index in [0.717, 1.165) is 0 Å². The van der Waals surface area contributed by atoms with E-state index in [0.29, 0.717) is 17.1 Å². The second-order valence-electron chi connectivity index (χ2n) is 5.00. The number of hydrogen-bond donors (Lipinski definition) is 2. The summed E-state index contributed by atoms with van der Waals surface area (Å²) in [5.74, 6) is -0.758. The van der Waals surface area contributed by atoms with Crippen molar-refractivity contribution in [3.8, 4) is 6.07 Å². The summed E-state index contributed by atoms with van der Waals surface area (Å²) in [5.41, 5.74) is 1.13. The predicted molar refractivity (Wildman–Crippen MR) is 90.8 cm³/mol. The molecule has 0 fully saturated rings. The summed E-state index contributed by atoms with van der Waals surface area (Å²) in [6.07, 6.45) is 1.22. The van der Waals surface area contributed by atoms with Crippen molar-refractivity contribution in [1.82, 2.24) is 9.97 Å².